The Hall–Kier alpha value is 0.270. The van der Waals surface area contributed by atoms with Crippen molar-refractivity contribution in [1.29, 1.82) is 0 Å². The highest BCUT2D eigenvalue weighted by Crippen LogP contribution is 2.28. The molecule has 0 aliphatic carbocycles. The minimum Gasteiger partial charge on any atom is -0.359 e. The third-order valence-corrected chi connectivity index (χ3v) is 3.01. The molecule has 0 radical (unpaired) electrons. The smallest absolute Gasteiger partial charge is 0.146 e. The van der Waals surface area contributed by atoms with E-state index in [4.69, 9.17) is 9.47 Å². The normalized spacial score (nSPS) is 33.0. The largest absolute Gasteiger partial charge is 0.359 e. The van der Waals surface area contributed by atoms with Gasteiger partial charge in [-0.1, -0.05) is 6.92 Å². The lowest BCUT2D eigenvalue weighted by Gasteiger charge is -2.13. The van der Waals surface area contributed by atoms with Crippen molar-refractivity contribution in [3.05, 3.63) is 0 Å². The van der Waals surface area contributed by atoms with Crippen LogP contribution >= 0.6 is 11.8 Å². The highest BCUT2D eigenvalue weighted by Gasteiger charge is 2.24. The van der Waals surface area contributed by atoms with Crippen molar-refractivity contribution in [2.75, 3.05) is 19.7 Å². The molecular weight excluding hydrogens is 148 g/mol. The second-order valence-electron chi connectivity index (χ2n) is 2.48. The van der Waals surface area contributed by atoms with Gasteiger partial charge in [0, 0.05) is 12.4 Å². The van der Waals surface area contributed by atoms with E-state index in [0.717, 1.165) is 0 Å². The van der Waals surface area contributed by atoms with Crippen LogP contribution in [0.5, 0.6) is 0 Å². The molecule has 2 atom stereocenters. The Morgan fingerprint density at radius 2 is 2.40 bits per heavy atom. The molecule has 3 heteroatoms. The zero-order valence-corrected chi connectivity index (χ0v) is 7.32. The Morgan fingerprint density at radius 1 is 1.60 bits per heavy atom. The summed E-state index contributed by atoms with van der Waals surface area (Å²) in [7, 11) is 1.66. The lowest BCUT2D eigenvalue weighted by atomic mass is 10.2. The van der Waals surface area contributed by atoms with Crippen molar-refractivity contribution in [2.24, 2.45) is 0 Å². The number of methoxy groups -OCH3 is 1. The summed E-state index contributed by atoms with van der Waals surface area (Å²) in [6, 6.07) is 0. The van der Waals surface area contributed by atoms with Gasteiger partial charge in [-0.3, -0.25) is 0 Å². The Balaban J connectivity index is 2.14. The zero-order valence-electron chi connectivity index (χ0n) is 6.50. The van der Waals surface area contributed by atoms with Gasteiger partial charge in [0.25, 0.3) is 0 Å². The summed E-state index contributed by atoms with van der Waals surface area (Å²) in [5.74, 6) is 1.23. The number of hydrogen-bond donors (Lipinski definition) is 0. The van der Waals surface area contributed by atoms with Crippen LogP contribution in [-0.2, 0) is 9.47 Å². The molecule has 10 heavy (non-hydrogen) atoms. The van der Waals surface area contributed by atoms with E-state index in [1.165, 1.54) is 12.2 Å². The van der Waals surface area contributed by atoms with E-state index in [0.29, 0.717) is 18.1 Å². The number of hydrogen-bond acceptors (Lipinski definition) is 3. The lowest BCUT2D eigenvalue weighted by molar-refractivity contribution is -0.0689. The predicted molar refractivity (Wildman–Crippen MR) is 43.3 cm³/mol. The summed E-state index contributed by atoms with van der Waals surface area (Å²) < 4.78 is 10.2. The minimum atomic E-state index is 0.421. The summed E-state index contributed by atoms with van der Waals surface area (Å²) in [6.45, 7) is 2.65. The van der Waals surface area contributed by atoms with Crippen molar-refractivity contribution in [2.45, 2.75) is 24.7 Å². The maximum atomic E-state index is 5.42. The molecule has 1 heterocycles. The molecule has 0 aromatic rings. The molecule has 0 unspecified atom stereocenters. The molecular formula is C7H14O2S. The molecule has 0 saturated carbocycles. The third-order valence-electron chi connectivity index (χ3n) is 1.71. The molecule has 1 saturated heterocycles. The fourth-order valence-electron chi connectivity index (χ4n) is 1.09. The molecule has 0 spiro atoms. The van der Waals surface area contributed by atoms with Crippen molar-refractivity contribution in [3.63, 3.8) is 0 Å². The second kappa shape index (κ2) is 4.21. The van der Waals surface area contributed by atoms with E-state index in [9.17, 15) is 0 Å². The van der Waals surface area contributed by atoms with Gasteiger partial charge in [-0.05, 0) is 12.2 Å². The lowest BCUT2D eigenvalue weighted by Crippen LogP contribution is -2.19. The van der Waals surface area contributed by atoms with E-state index in [-0.39, 0.29) is 0 Å². The highest BCUT2D eigenvalue weighted by atomic mass is 32.2. The van der Waals surface area contributed by atoms with Gasteiger partial charge in [-0.2, -0.15) is 11.8 Å². The quantitative estimate of drug-likeness (QED) is 0.586. The summed E-state index contributed by atoms with van der Waals surface area (Å²) >= 11 is 1.98. The van der Waals surface area contributed by atoms with E-state index < -0.39 is 0 Å². The molecule has 1 aliphatic rings. The molecule has 0 N–H and O–H groups in total. The van der Waals surface area contributed by atoms with E-state index in [1.807, 2.05) is 11.8 Å². The Morgan fingerprint density at radius 3 is 2.90 bits per heavy atom. The van der Waals surface area contributed by atoms with Crippen molar-refractivity contribution in [3.8, 4) is 0 Å². The standard InChI is InChI=1S/C7H14O2S/c1-6-7(3-4-10-6)9-5-8-2/h6-7H,3-5H2,1-2H3/t6-,7-/m1/s1. The van der Waals surface area contributed by atoms with Crippen molar-refractivity contribution in [1.82, 2.24) is 0 Å². The molecule has 1 rings (SSSR count). The highest BCUT2D eigenvalue weighted by molar-refractivity contribution is 8.00. The molecule has 0 aromatic carbocycles. The second-order valence-corrected chi connectivity index (χ2v) is 3.96. The van der Waals surface area contributed by atoms with Crippen LogP contribution in [0.3, 0.4) is 0 Å². The SMILES string of the molecule is COCO[C@@H]1CCS[C@@H]1C. The van der Waals surface area contributed by atoms with Gasteiger partial charge in [0.15, 0.2) is 0 Å². The Labute approximate surface area is 66.3 Å². The van der Waals surface area contributed by atoms with Gasteiger partial charge in [-0.15, -0.1) is 0 Å². The number of thioether (sulfide) groups is 1. The average molecular weight is 162 g/mol. The molecule has 1 aliphatic heterocycles. The first-order chi connectivity index (χ1) is 4.84. The topological polar surface area (TPSA) is 18.5 Å². The summed E-state index contributed by atoms with van der Waals surface area (Å²) in [4.78, 5) is 0. The van der Waals surface area contributed by atoms with E-state index >= 15 is 0 Å². The third kappa shape index (κ3) is 2.15. The molecule has 2 nitrogen and oxygen atoms in total. The van der Waals surface area contributed by atoms with Crippen molar-refractivity contribution < 1.29 is 9.47 Å². The van der Waals surface area contributed by atoms with Crippen LogP contribution < -0.4 is 0 Å². The molecule has 0 amide bonds. The average Bonchev–Trinajstić information content (AvgIpc) is 2.31. The minimum absolute atomic E-state index is 0.421. The molecule has 0 aromatic heterocycles. The van der Waals surface area contributed by atoms with E-state index in [1.54, 1.807) is 7.11 Å². The number of ether oxygens (including phenoxy) is 2. The van der Waals surface area contributed by atoms with Crippen LogP contribution in [0.4, 0.5) is 0 Å². The predicted octanol–water partition coefficient (Wildman–Crippen LogP) is 1.50. The van der Waals surface area contributed by atoms with Crippen LogP contribution in [0.25, 0.3) is 0 Å². The molecule has 1 fully saturated rings. The maximum absolute atomic E-state index is 5.42. The van der Waals surface area contributed by atoms with Crippen LogP contribution in [0.2, 0.25) is 0 Å². The Kier molecular flexibility index (Phi) is 3.52. The van der Waals surface area contributed by atoms with Gasteiger partial charge in [-0.25, -0.2) is 0 Å². The summed E-state index contributed by atoms with van der Waals surface area (Å²) in [6.07, 6.45) is 1.60. The monoisotopic (exact) mass is 162 g/mol. The molecule has 0 bridgehead atoms. The van der Waals surface area contributed by atoms with Gasteiger partial charge in [0.2, 0.25) is 0 Å². The first-order valence-corrected chi connectivity index (χ1v) is 4.61. The van der Waals surface area contributed by atoms with Gasteiger partial charge in [0.1, 0.15) is 6.79 Å². The Bertz CT molecular complexity index is 97.6. The van der Waals surface area contributed by atoms with E-state index in [2.05, 4.69) is 6.92 Å². The summed E-state index contributed by atoms with van der Waals surface area (Å²) in [5, 5.41) is 0.648. The summed E-state index contributed by atoms with van der Waals surface area (Å²) in [5.41, 5.74) is 0. The first kappa shape index (κ1) is 8.37. The fraction of sp³-hybridized carbons (Fsp3) is 1.00. The fourth-order valence-corrected chi connectivity index (χ4v) is 2.26. The van der Waals surface area contributed by atoms with Crippen LogP contribution in [-0.4, -0.2) is 31.0 Å². The number of rotatable bonds is 3. The molecule has 60 valence electrons. The van der Waals surface area contributed by atoms with Gasteiger partial charge in [0.05, 0.1) is 6.10 Å². The maximum Gasteiger partial charge on any atom is 0.146 e. The van der Waals surface area contributed by atoms with Crippen LogP contribution in [0.1, 0.15) is 13.3 Å². The zero-order chi connectivity index (χ0) is 7.40. The van der Waals surface area contributed by atoms with Crippen LogP contribution in [0.15, 0.2) is 0 Å². The van der Waals surface area contributed by atoms with Crippen molar-refractivity contribution >= 4 is 11.8 Å². The van der Waals surface area contributed by atoms with Crippen LogP contribution in [0, 0.1) is 0 Å². The van der Waals surface area contributed by atoms with Gasteiger partial charge < -0.3 is 9.47 Å². The van der Waals surface area contributed by atoms with Gasteiger partial charge >= 0.3 is 0 Å². The first-order valence-electron chi connectivity index (χ1n) is 3.56.